The maximum atomic E-state index is 13.7. The first kappa shape index (κ1) is 19.3. The first-order chi connectivity index (χ1) is 13.7. The minimum absolute atomic E-state index is 0.0972. The molecule has 1 aliphatic heterocycles. The number of aryl methyl sites for hydroxylation is 1. The molecule has 0 radical (unpaired) electrons. The Hall–Kier alpha value is -3.01. The molecule has 0 saturated carbocycles. The van der Waals surface area contributed by atoms with Crippen molar-refractivity contribution in [3.63, 3.8) is 0 Å². The molecule has 2 aromatic heterocycles. The Kier molecular flexibility index (Phi) is 4.73. The third kappa shape index (κ3) is 3.93. The molecule has 0 aliphatic carbocycles. The third-order valence-corrected chi connectivity index (χ3v) is 4.82. The van der Waals surface area contributed by atoms with Crippen LogP contribution in [0, 0.1) is 6.92 Å². The topological polar surface area (TPSA) is 85.0 Å². The Bertz CT molecular complexity index is 1040. The average molecular weight is 426 g/mol. The van der Waals surface area contributed by atoms with Gasteiger partial charge in [0.2, 0.25) is 0 Å². The van der Waals surface area contributed by atoms with Crippen molar-refractivity contribution < 1.29 is 22.5 Å². The highest BCUT2D eigenvalue weighted by Crippen LogP contribution is 2.43. The number of benzene rings is 1. The number of hydrogen-bond donors (Lipinski definition) is 2. The highest BCUT2D eigenvalue weighted by molar-refractivity contribution is 6.30. The molecule has 0 saturated heterocycles. The quantitative estimate of drug-likeness (QED) is 0.632. The molecule has 7 nitrogen and oxygen atoms in total. The summed E-state index contributed by atoms with van der Waals surface area (Å²) >= 11 is 5.87. The number of carbonyl (C=O) groups excluding carboxylic acids is 1. The number of carbonyl (C=O) groups is 1. The summed E-state index contributed by atoms with van der Waals surface area (Å²) in [5.41, 5.74) is 0.485. The van der Waals surface area contributed by atoms with Gasteiger partial charge in [-0.2, -0.15) is 18.3 Å². The van der Waals surface area contributed by atoms with Gasteiger partial charge in [-0.1, -0.05) is 28.9 Å². The summed E-state index contributed by atoms with van der Waals surface area (Å²) in [6.07, 6.45) is -4.81. The van der Waals surface area contributed by atoms with Crippen molar-refractivity contribution in [1.29, 1.82) is 0 Å². The Morgan fingerprint density at radius 1 is 1.31 bits per heavy atom. The molecule has 3 heterocycles. The summed E-state index contributed by atoms with van der Waals surface area (Å²) in [7, 11) is 0. The Balaban J connectivity index is 1.64. The molecule has 3 aromatic rings. The van der Waals surface area contributed by atoms with E-state index in [4.69, 9.17) is 16.1 Å². The molecule has 0 fully saturated rings. The molecule has 1 aliphatic rings. The molecule has 29 heavy (non-hydrogen) atoms. The smallest absolute Gasteiger partial charge is 0.363 e. The van der Waals surface area contributed by atoms with Gasteiger partial charge in [-0.05, 0) is 24.6 Å². The minimum Gasteiger partial charge on any atom is -0.363 e. The first-order valence-corrected chi connectivity index (χ1v) is 9.01. The summed E-state index contributed by atoms with van der Waals surface area (Å²) in [6, 6.07) is 6.84. The van der Waals surface area contributed by atoms with Crippen LogP contribution in [0.3, 0.4) is 0 Å². The number of fused-ring (bicyclic) bond motifs is 1. The van der Waals surface area contributed by atoms with Gasteiger partial charge in [0.1, 0.15) is 11.6 Å². The van der Waals surface area contributed by atoms with Crippen molar-refractivity contribution in [2.24, 2.45) is 0 Å². The predicted octanol–water partition coefficient (Wildman–Crippen LogP) is 4.75. The van der Waals surface area contributed by atoms with E-state index in [1.165, 1.54) is 12.1 Å². The minimum atomic E-state index is -4.54. The Morgan fingerprint density at radius 3 is 2.66 bits per heavy atom. The third-order valence-electron chi connectivity index (χ3n) is 4.56. The molecule has 152 valence electrons. The van der Waals surface area contributed by atoms with Gasteiger partial charge in [-0.25, -0.2) is 4.68 Å². The average Bonchev–Trinajstić information content (AvgIpc) is 3.26. The van der Waals surface area contributed by atoms with Gasteiger partial charge >= 0.3 is 6.18 Å². The zero-order chi connectivity index (χ0) is 20.8. The van der Waals surface area contributed by atoms with Gasteiger partial charge < -0.3 is 15.2 Å². The van der Waals surface area contributed by atoms with E-state index in [2.05, 4.69) is 20.9 Å². The van der Waals surface area contributed by atoms with E-state index in [1.54, 1.807) is 31.2 Å². The fraction of sp³-hybridized carbons (Fsp3) is 0.278. The van der Waals surface area contributed by atoms with E-state index in [0.29, 0.717) is 16.3 Å². The van der Waals surface area contributed by atoms with Crippen LogP contribution in [-0.2, 0) is 0 Å². The second-order valence-electron chi connectivity index (χ2n) is 6.68. The SMILES string of the molecule is Cc1cc(NC(=O)c2cc3n(n2)C(C(F)(F)F)CC(c2ccc(Cl)cc2)N3)no1. The van der Waals surface area contributed by atoms with Gasteiger partial charge in [-0.15, -0.1) is 0 Å². The zero-order valence-electron chi connectivity index (χ0n) is 15.0. The maximum absolute atomic E-state index is 13.7. The summed E-state index contributed by atoms with van der Waals surface area (Å²) < 4.78 is 46.8. The van der Waals surface area contributed by atoms with E-state index < -0.39 is 24.2 Å². The fourth-order valence-corrected chi connectivity index (χ4v) is 3.33. The number of rotatable bonds is 3. The van der Waals surface area contributed by atoms with Gasteiger partial charge in [0.25, 0.3) is 5.91 Å². The number of halogens is 4. The number of amides is 1. The van der Waals surface area contributed by atoms with Crippen LogP contribution in [0.15, 0.2) is 40.9 Å². The Labute approximate surface area is 167 Å². The molecule has 2 unspecified atom stereocenters. The predicted molar refractivity (Wildman–Crippen MR) is 98.9 cm³/mol. The number of alkyl halides is 3. The molecule has 1 aromatic carbocycles. The van der Waals surface area contributed by atoms with E-state index in [-0.39, 0.29) is 23.8 Å². The lowest BCUT2D eigenvalue weighted by molar-refractivity contribution is -0.173. The van der Waals surface area contributed by atoms with Crippen LogP contribution in [0.1, 0.15) is 40.3 Å². The van der Waals surface area contributed by atoms with Crippen LogP contribution in [0.5, 0.6) is 0 Å². The lowest BCUT2D eigenvalue weighted by atomic mass is 9.97. The summed E-state index contributed by atoms with van der Waals surface area (Å²) in [6.45, 7) is 1.65. The first-order valence-electron chi connectivity index (χ1n) is 8.63. The van der Waals surface area contributed by atoms with Crippen molar-refractivity contribution in [1.82, 2.24) is 14.9 Å². The summed E-state index contributed by atoms with van der Waals surface area (Å²) in [5, 5.41) is 13.5. The Morgan fingerprint density at radius 2 is 2.03 bits per heavy atom. The molecule has 0 bridgehead atoms. The van der Waals surface area contributed by atoms with Crippen molar-refractivity contribution in [3.8, 4) is 0 Å². The van der Waals surface area contributed by atoms with Crippen molar-refractivity contribution in [2.75, 3.05) is 10.6 Å². The van der Waals surface area contributed by atoms with Crippen LogP contribution in [0.4, 0.5) is 24.8 Å². The maximum Gasteiger partial charge on any atom is 0.410 e. The number of nitrogens with one attached hydrogen (secondary N) is 2. The van der Waals surface area contributed by atoms with Crippen LogP contribution < -0.4 is 10.6 Å². The number of aromatic nitrogens is 3. The number of anilines is 2. The van der Waals surface area contributed by atoms with E-state index in [1.807, 2.05) is 0 Å². The zero-order valence-corrected chi connectivity index (χ0v) is 15.8. The summed E-state index contributed by atoms with van der Waals surface area (Å²) in [4.78, 5) is 12.4. The lowest BCUT2D eigenvalue weighted by Crippen LogP contribution is -2.35. The van der Waals surface area contributed by atoms with Crippen LogP contribution in [-0.4, -0.2) is 27.0 Å². The van der Waals surface area contributed by atoms with Gasteiger partial charge in [0.15, 0.2) is 17.6 Å². The van der Waals surface area contributed by atoms with E-state index >= 15 is 0 Å². The second kappa shape index (κ2) is 7.11. The van der Waals surface area contributed by atoms with E-state index in [9.17, 15) is 18.0 Å². The lowest BCUT2D eigenvalue weighted by Gasteiger charge is -2.33. The van der Waals surface area contributed by atoms with Crippen LogP contribution >= 0.6 is 11.6 Å². The van der Waals surface area contributed by atoms with Crippen LogP contribution in [0.25, 0.3) is 0 Å². The molecule has 0 spiro atoms. The highest BCUT2D eigenvalue weighted by atomic mass is 35.5. The number of nitrogens with zero attached hydrogens (tertiary/aromatic N) is 3. The molecular weight excluding hydrogens is 411 g/mol. The van der Waals surface area contributed by atoms with Gasteiger partial charge in [0.05, 0.1) is 6.04 Å². The van der Waals surface area contributed by atoms with Crippen molar-refractivity contribution >= 4 is 29.1 Å². The molecule has 2 atom stereocenters. The summed E-state index contributed by atoms with van der Waals surface area (Å²) in [5.74, 6) is 0.0397. The number of hydrogen-bond acceptors (Lipinski definition) is 5. The van der Waals surface area contributed by atoms with Crippen molar-refractivity contribution in [2.45, 2.75) is 31.6 Å². The van der Waals surface area contributed by atoms with Gasteiger partial charge in [0, 0.05) is 23.6 Å². The van der Waals surface area contributed by atoms with Crippen molar-refractivity contribution in [3.05, 3.63) is 58.4 Å². The molecule has 2 N–H and O–H groups in total. The normalized spacial score (nSPS) is 18.8. The fourth-order valence-electron chi connectivity index (χ4n) is 3.20. The monoisotopic (exact) mass is 425 g/mol. The highest BCUT2D eigenvalue weighted by Gasteiger charge is 2.46. The second-order valence-corrected chi connectivity index (χ2v) is 7.11. The molecule has 4 rings (SSSR count). The van der Waals surface area contributed by atoms with Gasteiger partial charge in [-0.3, -0.25) is 4.79 Å². The standard InChI is InChI=1S/C18H15ClF3N5O2/c1-9-6-15(26-29-9)24-17(28)13-8-16-23-12(10-2-4-11(19)5-3-10)7-14(18(20,21)22)27(16)25-13/h2-6,8,12,14,23H,7H2,1H3,(H,24,26,28). The largest absolute Gasteiger partial charge is 0.410 e. The molecular formula is C18H15ClF3N5O2. The van der Waals surface area contributed by atoms with Crippen LogP contribution in [0.2, 0.25) is 5.02 Å². The molecule has 1 amide bonds. The van der Waals surface area contributed by atoms with E-state index in [0.717, 1.165) is 4.68 Å². The molecule has 11 heteroatoms.